The normalized spacial score (nSPS) is 12.0. The summed E-state index contributed by atoms with van der Waals surface area (Å²) in [4.78, 5) is 0. The zero-order chi connectivity index (χ0) is 51.6. The molecule has 0 radical (unpaired) electrons. The summed E-state index contributed by atoms with van der Waals surface area (Å²) in [7, 11) is 0. The van der Waals surface area contributed by atoms with E-state index in [-0.39, 0.29) is 0 Å². The van der Waals surface area contributed by atoms with E-state index in [0.717, 1.165) is 11.4 Å². The third kappa shape index (κ3) is 6.73. The summed E-state index contributed by atoms with van der Waals surface area (Å²) < 4.78 is 9.67. The Morgan fingerprint density at radius 2 is 0.590 bits per heavy atom. The molecule has 0 aliphatic heterocycles. The van der Waals surface area contributed by atoms with E-state index in [9.17, 15) is 0 Å². The molecule has 0 N–H and O–H groups in total. The van der Waals surface area contributed by atoms with Gasteiger partial charge in [-0.15, -0.1) is 0 Å². The van der Waals surface area contributed by atoms with Crippen molar-refractivity contribution in [1.29, 1.82) is 0 Å². The van der Waals surface area contributed by atoms with Gasteiger partial charge in [0.05, 0.1) is 44.1 Å². The fraction of sp³-hybridized carbons (Fsp3) is 0.0270. The van der Waals surface area contributed by atoms with Gasteiger partial charge in [-0.25, -0.2) is 0 Å². The largest absolute Gasteiger partial charge is 0.309 e. The molecule has 0 aliphatic carbocycles. The Morgan fingerprint density at radius 3 is 1.17 bits per heavy atom. The van der Waals surface area contributed by atoms with Crippen molar-refractivity contribution in [3.8, 4) is 56.1 Å². The number of aryl methyl sites for hydroxylation is 2. The lowest BCUT2D eigenvalue weighted by Crippen LogP contribution is -1.95. The number of aromatic nitrogens is 4. The molecule has 4 heterocycles. The maximum atomic E-state index is 2.44. The number of para-hydroxylation sites is 5. The molecule has 4 aromatic heterocycles. The van der Waals surface area contributed by atoms with Crippen molar-refractivity contribution in [3.63, 3.8) is 0 Å². The van der Waals surface area contributed by atoms with Crippen LogP contribution >= 0.6 is 0 Å². The van der Waals surface area contributed by atoms with Gasteiger partial charge >= 0.3 is 0 Å². The Bertz CT molecular complexity index is 5080. The number of fused-ring (bicyclic) bond motifs is 12. The predicted octanol–water partition coefficient (Wildman–Crippen LogP) is 19.7. The monoisotopic (exact) mass is 994 g/mol. The molecule has 4 nitrogen and oxygen atoms in total. The fourth-order valence-corrected chi connectivity index (χ4v) is 12.9. The van der Waals surface area contributed by atoms with Crippen LogP contribution in [0.25, 0.3) is 143 Å². The molecular weight excluding hydrogens is 945 g/mol. The molecule has 0 saturated carbocycles. The molecule has 366 valence electrons. The molecule has 0 spiro atoms. The highest BCUT2D eigenvalue weighted by molar-refractivity contribution is 6.15. The van der Waals surface area contributed by atoms with E-state index in [4.69, 9.17) is 0 Å². The quantitative estimate of drug-likeness (QED) is 0.152. The molecule has 0 fully saturated rings. The highest BCUT2D eigenvalue weighted by Crippen LogP contribution is 2.42. The van der Waals surface area contributed by atoms with Crippen LogP contribution in [-0.4, -0.2) is 18.3 Å². The van der Waals surface area contributed by atoms with E-state index >= 15 is 0 Å². The van der Waals surface area contributed by atoms with E-state index in [1.54, 1.807) is 0 Å². The van der Waals surface area contributed by atoms with Gasteiger partial charge in [0.2, 0.25) is 0 Å². The summed E-state index contributed by atoms with van der Waals surface area (Å²) in [5.74, 6) is 0. The second-order valence-electron chi connectivity index (χ2n) is 21.1. The van der Waals surface area contributed by atoms with Gasteiger partial charge in [0.1, 0.15) is 0 Å². The van der Waals surface area contributed by atoms with Crippen molar-refractivity contribution < 1.29 is 0 Å². The molecular formula is C74H50N4. The zero-order valence-corrected chi connectivity index (χ0v) is 43.2. The molecule has 4 heteroatoms. The van der Waals surface area contributed by atoms with E-state index in [0.29, 0.717) is 0 Å². The van der Waals surface area contributed by atoms with Gasteiger partial charge in [-0.2, -0.15) is 0 Å². The van der Waals surface area contributed by atoms with E-state index in [1.165, 1.54) is 143 Å². The van der Waals surface area contributed by atoms with E-state index < -0.39 is 0 Å². The third-order valence-electron chi connectivity index (χ3n) is 16.5. The van der Waals surface area contributed by atoms with Crippen molar-refractivity contribution in [3.05, 3.63) is 278 Å². The molecule has 78 heavy (non-hydrogen) atoms. The standard InChI is InChI=1S/C74H50N4/c1-47-27-36-61-65-45-53(51-30-37-69-63(43-51)59-22-9-11-25-67(59)75(69)55-17-5-3-6-18-55)31-38-70(65)76(73(61)41-47)57-34-28-49(29-35-57)50-16-14-21-58(42-50)77-68-26-12-10-23-60(68)64-44-52(32-39-71(64)77)54-33-40-72-66(46-54)62-24-13-15-48(2)74(62)78(72)56-19-7-4-8-20-56/h3-46H,1-2H3. The highest BCUT2D eigenvalue weighted by Gasteiger charge is 2.20. The second kappa shape index (κ2) is 17.2. The van der Waals surface area contributed by atoms with Crippen LogP contribution in [0.3, 0.4) is 0 Å². The minimum absolute atomic E-state index is 1.14. The SMILES string of the molecule is Cc1ccc2c3cc(-c4ccc5c(c4)c4ccccc4n5-c4ccccc4)ccc3n(-c3ccc(-c4cccc(-n5c6ccccc6c6cc(-c7ccc8c(c7)c7cccc(C)c7n8-c7ccccc7)ccc65)c4)cc3)c2c1. The topological polar surface area (TPSA) is 19.7 Å². The first-order valence-electron chi connectivity index (χ1n) is 27.0. The lowest BCUT2D eigenvalue weighted by atomic mass is 10.0. The Balaban J connectivity index is 0.753. The molecule has 16 aromatic rings. The van der Waals surface area contributed by atoms with Gasteiger partial charge < -0.3 is 18.3 Å². The smallest absolute Gasteiger partial charge is 0.0570 e. The molecule has 0 atom stereocenters. The average Bonchev–Trinajstić information content (AvgIpc) is 4.42. The lowest BCUT2D eigenvalue weighted by molar-refractivity contribution is 1.17. The van der Waals surface area contributed by atoms with Gasteiger partial charge in [-0.3, -0.25) is 0 Å². The molecule has 0 saturated heterocycles. The average molecular weight is 995 g/mol. The van der Waals surface area contributed by atoms with Crippen molar-refractivity contribution in [2.45, 2.75) is 13.8 Å². The number of rotatable bonds is 7. The highest BCUT2D eigenvalue weighted by atomic mass is 15.0. The van der Waals surface area contributed by atoms with Crippen LogP contribution in [0.1, 0.15) is 11.1 Å². The lowest BCUT2D eigenvalue weighted by Gasteiger charge is -2.12. The summed E-state index contributed by atoms with van der Waals surface area (Å²) in [6.45, 7) is 4.41. The number of benzene rings is 12. The van der Waals surface area contributed by atoms with Crippen LogP contribution in [0.4, 0.5) is 0 Å². The summed E-state index contributed by atoms with van der Waals surface area (Å²) in [6, 6.07) is 98.6. The van der Waals surface area contributed by atoms with Crippen LogP contribution in [0, 0.1) is 13.8 Å². The Kier molecular flexibility index (Phi) is 9.73. The summed E-state index contributed by atoms with van der Waals surface area (Å²) in [5.41, 5.74) is 24.0. The number of nitrogens with zero attached hydrogens (tertiary/aromatic N) is 4. The number of hydrogen-bond acceptors (Lipinski definition) is 0. The van der Waals surface area contributed by atoms with Crippen molar-refractivity contribution in [1.82, 2.24) is 18.3 Å². The third-order valence-corrected chi connectivity index (χ3v) is 16.5. The van der Waals surface area contributed by atoms with Crippen LogP contribution in [-0.2, 0) is 0 Å². The van der Waals surface area contributed by atoms with E-state index in [1.807, 2.05) is 0 Å². The van der Waals surface area contributed by atoms with E-state index in [2.05, 4.69) is 299 Å². The summed E-state index contributed by atoms with van der Waals surface area (Å²) in [6.07, 6.45) is 0. The summed E-state index contributed by atoms with van der Waals surface area (Å²) in [5, 5.41) is 10.0. The van der Waals surface area contributed by atoms with Gasteiger partial charge in [-0.1, -0.05) is 152 Å². The molecule has 12 aromatic carbocycles. The first-order valence-corrected chi connectivity index (χ1v) is 27.0. The predicted molar refractivity (Wildman–Crippen MR) is 330 cm³/mol. The number of hydrogen-bond donors (Lipinski definition) is 0. The maximum absolute atomic E-state index is 2.44. The van der Waals surface area contributed by atoms with Crippen LogP contribution < -0.4 is 0 Å². The second-order valence-corrected chi connectivity index (χ2v) is 21.1. The van der Waals surface area contributed by atoms with Gasteiger partial charge in [0.25, 0.3) is 0 Å². The minimum atomic E-state index is 1.14. The van der Waals surface area contributed by atoms with Crippen molar-refractivity contribution in [2.75, 3.05) is 0 Å². The maximum Gasteiger partial charge on any atom is 0.0570 e. The molecule has 16 rings (SSSR count). The Hall–Kier alpha value is -10.2. The fourth-order valence-electron chi connectivity index (χ4n) is 12.9. The first kappa shape index (κ1) is 44.2. The zero-order valence-electron chi connectivity index (χ0n) is 43.2. The van der Waals surface area contributed by atoms with Crippen molar-refractivity contribution in [2.24, 2.45) is 0 Å². The molecule has 0 aliphatic rings. The Labute approximate surface area is 451 Å². The van der Waals surface area contributed by atoms with Gasteiger partial charge in [0.15, 0.2) is 0 Å². The van der Waals surface area contributed by atoms with Crippen LogP contribution in [0.15, 0.2) is 267 Å². The van der Waals surface area contributed by atoms with Crippen molar-refractivity contribution >= 4 is 87.2 Å². The van der Waals surface area contributed by atoms with Crippen LogP contribution in [0.2, 0.25) is 0 Å². The molecule has 0 unspecified atom stereocenters. The summed E-state index contributed by atoms with van der Waals surface area (Å²) >= 11 is 0. The van der Waals surface area contributed by atoms with Gasteiger partial charge in [0, 0.05) is 65.8 Å². The van der Waals surface area contributed by atoms with Crippen LogP contribution in [0.5, 0.6) is 0 Å². The Morgan fingerprint density at radius 1 is 0.205 bits per heavy atom. The minimum Gasteiger partial charge on any atom is -0.309 e. The first-order chi connectivity index (χ1) is 38.5. The molecule has 0 bridgehead atoms. The van der Waals surface area contributed by atoms with Gasteiger partial charge in [-0.05, 0) is 174 Å². The molecule has 0 amide bonds.